The van der Waals surface area contributed by atoms with E-state index in [1.165, 1.54) is 6.42 Å². The lowest BCUT2D eigenvalue weighted by Crippen LogP contribution is -2.39. The quantitative estimate of drug-likeness (QED) is 0.791. The van der Waals surface area contributed by atoms with Gasteiger partial charge in [0.15, 0.2) is 5.82 Å². The van der Waals surface area contributed by atoms with Gasteiger partial charge in [-0.3, -0.25) is 5.10 Å². The zero-order chi connectivity index (χ0) is 10.9. The first-order chi connectivity index (χ1) is 7.16. The molecule has 0 bridgehead atoms. The molecule has 0 amide bonds. The monoisotopic (exact) mass is 208 g/mol. The van der Waals surface area contributed by atoms with Crippen LogP contribution in [0.25, 0.3) is 0 Å². The van der Waals surface area contributed by atoms with Crippen LogP contribution >= 0.6 is 0 Å². The molecule has 1 aromatic rings. The number of hydrogen-bond donors (Lipinski definition) is 2. The number of aromatic nitrogens is 3. The number of nitrogens with two attached hydrogens (primary N) is 1. The molecule has 1 fully saturated rings. The first-order valence-electron chi connectivity index (χ1n) is 5.84. The van der Waals surface area contributed by atoms with Crippen LogP contribution in [0.1, 0.15) is 51.2 Å². The Morgan fingerprint density at radius 2 is 2.40 bits per heavy atom. The summed E-state index contributed by atoms with van der Waals surface area (Å²) in [5.41, 5.74) is 6.12. The average molecular weight is 208 g/mol. The number of aromatic amines is 1. The zero-order valence-electron chi connectivity index (χ0n) is 9.58. The summed E-state index contributed by atoms with van der Waals surface area (Å²) in [4.78, 5) is 4.56. The van der Waals surface area contributed by atoms with Crippen molar-refractivity contribution in [2.24, 2.45) is 5.73 Å². The van der Waals surface area contributed by atoms with Crippen molar-refractivity contribution in [3.8, 4) is 0 Å². The fourth-order valence-electron chi connectivity index (χ4n) is 2.37. The maximum Gasteiger partial charge on any atom is 0.158 e. The highest BCUT2D eigenvalue weighted by atomic mass is 15.2. The normalized spacial score (nSPS) is 31.0. The first-order valence-corrected chi connectivity index (χ1v) is 5.84. The second-order valence-electron chi connectivity index (χ2n) is 4.77. The fraction of sp³-hybridized carbons (Fsp3) is 0.818. The third-order valence-electron chi connectivity index (χ3n) is 3.56. The van der Waals surface area contributed by atoms with Crippen molar-refractivity contribution >= 4 is 0 Å². The lowest BCUT2D eigenvalue weighted by Gasteiger charge is -2.25. The summed E-state index contributed by atoms with van der Waals surface area (Å²) in [6.07, 6.45) is 5.46. The van der Waals surface area contributed by atoms with Crippen LogP contribution in [0, 0.1) is 0 Å². The molecule has 1 aliphatic carbocycles. The second kappa shape index (κ2) is 3.93. The Morgan fingerprint density at radius 1 is 1.60 bits per heavy atom. The van der Waals surface area contributed by atoms with Crippen LogP contribution in [0.4, 0.5) is 0 Å². The molecule has 0 aliphatic heterocycles. The number of rotatable bonds is 3. The Bertz CT molecular complexity index is 333. The molecule has 0 aromatic carbocycles. The predicted octanol–water partition coefficient (Wildman–Crippen LogP) is 1.53. The van der Waals surface area contributed by atoms with Gasteiger partial charge in [0.25, 0.3) is 0 Å². The minimum absolute atomic E-state index is 0.0114. The molecule has 1 saturated carbocycles. The molecule has 4 heteroatoms. The van der Waals surface area contributed by atoms with E-state index < -0.39 is 0 Å². The van der Waals surface area contributed by atoms with E-state index in [1.807, 2.05) is 0 Å². The van der Waals surface area contributed by atoms with E-state index in [1.54, 1.807) is 0 Å². The first kappa shape index (κ1) is 10.6. The number of nitrogens with zero attached hydrogens (tertiary/aromatic N) is 2. The van der Waals surface area contributed by atoms with Crippen LogP contribution in [-0.4, -0.2) is 21.2 Å². The van der Waals surface area contributed by atoms with E-state index in [0.29, 0.717) is 0 Å². The van der Waals surface area contributed by atoms with Gasteiger partial charge in [-0.05, 0) is 19.3 Å². The van der Waals surface area contributed by atoms with E-state index in [2.05, 4.69) is 29.0 Å². The maximum absolute atomic E-state index is 6.13. The molecule has 2 atom stereocenters. The summed E-state index contributed by atoms with van der Waals surface area (Å²) in [5.74, 6) is 1.91. The molecule has 1 aliphatic rings. The van der Waals surface area contributed by atoms with Crippen LogP contribution < -0.4 is 5.73 Å². The Labute approximate surface area is 90.7 Å². The van der Waals surface area contributed by atoms with Crippen LogP contribution in [0.3, 0.4) is 0 Å². The standard InChI is InChI=1S/C11H20N4/c1-3-5-9-13-10(15-14-9)11(2)7-4-6-8(11)12/h8H,3-7,12H2,1-2H3,(H,13,14,15). The van der Waals surface area contributed by atoms with Gasteiger partial charge in [0.1, 0.15) is 5.82 Å². The van der Waals surface area contributed by atoms with Crippen LogP contribution in [0.2, 0.25) is 0 Å². The van der Waals surface area contributed by atoms with Crippen LogP contribution in [-0.2, 0) is 11.8 Å². The van der Waals surface area contributed by atoms with E-state index >= 15 is 0 Å². The number of nitrogens with one attached hydrogen (secondary N) is 1. The van der Waals surface area contributed by atoms with E-state index in [-0.39, 0.29) is 11.5 Å². The summed E-state index contributed by atoms with van der Waals surface area (Å²) in [6.45, 7) is 4.33. The van der Waals surface area contributed by atoms with Gasteiger partial charge in [0, 0.05) is 17.9 Å². The third-order valence-corrected chi connectivity index (χ3v) is 3.56. The van der Waals surface area contributed by atoms with Gasteiger partial charge in [-0.1, -0.05) is 20.3 Å². The SMILES string of the molecule is CCCc1nc(C2(C)CCCC2N)n[nH]1. The number of aryl methyl sites for hydroxylation is 1. The van der Waals surface area contributed by atoms with Gasteiger partial charge in [0.2, 0.25) is 0 Å². The fourth-order valence-corrected chi connectivity index (χ4v) is 2.37. The highest BCUT2D eigenvalue weighted by Crippen LogP contribution is 2.37. The Morgan fingerprint density at radius 3 is 3.00 bits per heavy atom. The molecule has 0 saturated heterocycles. The summed E-state index contributed by atoms with van der Waals surface area (Å²) < 4.78 is 0. The van der Waals surface area contributed by atoms with E-state index in [0.717, 1.165) is 37.3 Å². The topological polar surface area (TPSA) is 67.6 Å². The molecular weight excluding hydrogens is 188 g/mol. The molecule has 15 heavy (non-hydrogen) atoms. The smallest absolute Gasteiger partial charge is 0.158 e. The molecule has 4 nitrogen and oxygen atoms in total. The molecule has 1 aromatic heterocycles. The highest BCUT2D eigenvalue weighted by Gasteiger charge is 2.41. The summed E-state index contributed by atoms with van der Waals surface area (Å²) in [6, 6.07) is 0.211. The van der Waals surface area contributed by atoms with Crippen molar-refractivity contribution in [3.63, 3.8) is 0 Å². The Kier molecular flexibility index (Phi) is 2.78. The summed E-state index contributed by atoms with van der Waals surface area (Å²) >= 11 is 0. The molecule has 2 unspecified atom stereocenters. The molecule has 0 radical (unpaired) electrons. The Hall–Kier alpha value is -0.900. The molecule has 2 rings (SSSR count). The number of hydrogen-bond acceptors (Lipinski definition) is 3. The molecule has 1 heterocycles. The van der Waals surface area contributed by atoms with E-state index in [4.69, 9.17) is 5.73 Å². The Balaban J connectivity index is 2.21. The largest absolute Gasteiger partial charge is 0.327 e. The molecule has 0 spiro atoms. The van der Waals surface area contributed by atoms with Crippen molar-refractivity contribution in [3.05, 3.63) is 11.6 Å². The van der Waals surface area contributed by atoms with Gasteiger partial charge < -0.3 is 5.73 Å². The van der Waals surface area contributed by atoms with Crippen molar-refractivity contribution in [1.82, 2.24) is 15.2 Å². The minimum atomic E-state index is -0.0114. The zero-order valence-corrected chi connectivity index (χ0v) is 9.58. The molecule has 84 valence electrons. The molecule has 3 N–H and O–H groups in total. The van der Waals surface area contributed by atoms with Crippen molar-refractivity contribution in [2.75, 3.05) is 0 Å². The average Bonchev–Trinajstić information content (AvgIpc) is 2.77. The molecular formula is C11H20N4. The predicted molar refractivity (Wildman–Crippen MR) is 59.6 cm³/mol. The lowest BCUT2D eigenvalue weighted by atomic mass is 9.84. The third kappa shape index (κ3) is 1.78. The van der Waals surface area contributed by atoms with Crippen molar-refractivity contribution in [2.45, 2.75) is 57.4 Å². The van der Waals surface area contributed by atoms with Crippen LogP contribution in [0.5, 0.6) is 0 Å². The van der Waals surface area contributed by atoms with E-state index in [9.17, 15) is 0 Å². The highest BCUT2D eigenvalue weighted by molar-refractivity contribution is 5.14. The number of H-pyrrole nitrogens is 1. The van der Waals surface area contributed by atoms with Gasteiger partial charge in [-0.2, -0.15) is 5.10 Å². The van der Waals surface area contributed by atoms with Gasteiger partial charge in [-0.25, -0.2) is 4.98 Å². The minimum Gasteiger partial charge on any atom is -0.327 e. The maximum atomic E-state index is 6.13. The van der Waals surface area contributed by atoms with Gasteiger partial charge >= 0.3 is 0 Å². The van der Waals surface area contributed by atoms with Crippen molar-refractivity contribution < 1.29 is 0 Å². The second-order valence-corrected chi connectivity index (χ2v) is 4.77. The van der Waals surface area contributed by atoms with Gasteiger partial charge in [-0.15, -0.1) is 0 Å². The summed E-state index contributed by atoms with van der Waals surface area (Å²) in [7, 11) is 0. The van der Waals surface area contributed by atoms with Crippen LogP contribution in [0.15, 0.2) is 0 Å². The van der Waals surface area contributed by atoms with Crippen molar-refractivity contribution in [1.29, 1.82) is 0 Å². The lowest BCUT2D eigenvalue weighted by molar-refractivity contribution is 0.405. The summed E-state index contributed by atoms with van der Waals surface area (Å²) in [5, 5.41) is 7.34. The van der Waals surface area contributed by atoms with Gasteiger partial charge in [0.05, 0.1) is 0 Å².